The van der Waals surface area contributed by atoms with Crippen molar-refractivity contribution in [1.29, 1.82) is 0 Å². The molecule has 0 spiro atoms. The number of benzene rings is 2. The monoisotopic (exact) mass is 423 g/mol. The van der Waals surface area contributed by atoms with Crippen LogP contribution in [0.5, 0.6) is 5.75 Å². The minimum Gasteiger partial charge on any atom is -0.490 e. The first-order valence-corrected chi connectivity index (χ1v) is 9.69. The maximum Gasteiger partial charge on any atom is 0.311 e. The first kappa shape index (κ1) is 22.0. The van der Waals surface area contributed by atoms with E-state index in [4.69, 9.17) is 4.74 Å². The lowest BCUT2D eigenvalue weighted by Gasteiger charge is -2.08. The predicted octanol–water partition coefficient (Wildman–Crippen LogP) is 3.18. The third-order valence-electron chi connectivity index (χ3n) is 4.33. The van der Waals surface area contributed by atoms with E-state index in [2.05, 4.69) is 22.8 Å². The highest BCUT2D eigenvalue weighted by Gasteiger charge is 2.15. The summed E-state index contributed by atoms with van der Waals surface area (Å²) >= 11 is 1.42. The van der Waals surface area contributed by atoms with Gasteiger partial charge < -0.3 is 15.4 Å². The van der Waals surface area contributed by atoms with E-state index in [1.165, 1.54) is 36.1 Å². The van der Waals surface area contributed by atoms with Crippen molar-refractivity contribution in [2.45, 2.75) is 25.4 Å². The van der Waals surface area contributed by atoms with Crippen molar-refractivity contribution in [2.75, 3.05) is 12.9 Å². The number of hydrogen-bond donors (Lipinski definition) is 2. The van der Waals surface area contributed by atoms with Crippen molar-refractivity contribution in [3.05, 3.63) is 68.8 Å². The van der Waals surface area contributed by atoms with E-state index >= 15 is 0 Å². The molecule has 0 saturated carbocycles. The molecular formula is C19H22ClN3O4S. The second-order valence-electron chi connectivity index (χ2n) is 6.24. The minimum atomic E-state index is -0.466. The largest absolute Gasteiger partial charge is 0.490 e. The molecule has 0 unspecified atom stereocenters. The molecule has 0 aromatic heterocycles. The summed E-state index contributed by atoms with van der Waals surface area (Å²) in [4.78, 5) is 22.6. The van der Waals surface area contributed by atoms with Crippen LogP contribution in [-0.2, 0) is 30.2 Å². The zero-order valence-corrected chi connectivity index (χ0v) is 17.0. The van der Waals surface area contributed by atoms with Crippen molar-refractivity contribution < 1.29 is 14.5 Å². The summed E-state index contributed by atoms with van der Waals surface area (Å²) in [5, 5.41) is 17.3. The van der Waals surface area contributed by atoms with E-state index in [9.17, 15) is 14.9 Å². The number of nitro groups is 1. The first-order chi connectivity index (χ1) is 13.1. The second kappa shape index (κ2) is 10.3. The molecular weight excluding hydrogens is 402 g/mol. The Morgan fingerprint density at radius 1 is 1.21 bits per heavy atom. The number of carbonyl (C=O) groups is 1. The number of hydrogen-bond acceptors (Lipinski definition) is 6. The van der Waals surface area contributed by atoms with Gasteiger partial charge in [0.2, 0.25) is 5.91 Å². The SMILES string of the molecule is COc1ccc(CSCC(=O)NCc2ccc3c(c2)CNC3)cc1[N+](=O)[O-].Cl. The molecule has 0 bridgehead atoms. The predicted molar refractivity (Wildman–Crippen MR) is 112 cm³/mol. The van der Waals surface area contributed by atoms with Gasteiger partial charge in [0.1, 0.15) is 0 Å². The van der Waals surface area contributed by atoms with Gasteiger partial charge >= 0.3 is 5.69 Å². The number of thioether (sulfide) groups is 1. The number of amides is 1. The average molecular weight is 424 g/mol. The first-order valence-electron chi connectivity index (χ1n) is 8.54. The highest BCUT2D eigenvalue weighted by molar-refractivity contribution is 7.99. The van der Waals surface area contributed by atoms with Gasteiger partial charge in [-0.15, -0.1) is 24.2 Å². The Morgan fingerprint density at radius 2 is 1.96 bits per heavy atom. The summed E-state index contributed by atoms with van der Waals surface area (Å²) in [6.07, 6.45) is 0. The molecule has 2 N–H and O–H groups in total. The number of rotatable bonds is 8. The number of methoxy groups -OCH3 is 1. The van der Waals surface area contributed by atoms with Gasteiger partial charge in [0.15, 0.2) is 5.75 Å². The van der Waals surface area contributed by atoms with Crippen LogP contribution >= 0.6 is 24.2 Å². The van der Waals surface area contributed by atoms with Gasteiger partial charge in [0, 0.05) is 31.5 Å². The third-order valence-corrected chi connectivity index (χ3v) is 5.34. The molecule has 2 aromatic rings. The lowest BCUT2D eigenvalue weighted by atomic mass is 10.1. The van der Waals surface area contributed by atoms with Crippen LogP contribution in [-0.4, -0.2) is 23.7 Å². The van der Waals surface area contributed by atoms with E-state index < -0.39 is 4.92 Å². The van der Waals surface area contributed by atoms with E-state index in [1.807, 2.05) is 6.07 Å². The van der Waals surface area contributed by atoms with Gasteiger partial charge in [-0.25, -0.2) is 0 Å². The molecule has 0 aliphatic carbocycles. The molecule has 9 heteroatoms. The Bertz CT molecular complexity index is 863. The molecule has 28 heavy (non-hydrogen) atoms. The summed E-state index contributed by atoms with van der Waals surface area (Å²) in [6, 6.07) is 11.1. The molecule has 1 amide bonds. The van der Waals surface area contributed by atoms with E-state index in [1.54, 1.807) is 12.1 Å². The van der Waals surface area contributed by atoms with Crippen LogP contribution in [0.25, 0.3) is 0 Å². The fraction of sp³-hybridized carbons (Fsp3) is 0.316. The van der Waals surface area contributed by atoms with Gasteiger partial charge in [-0.2, -0.15) is 0 Å². The van der Waals surface area contributed by atoms with Crippen LogP contribution < -0.4 is 15.4 Å². The van der Waals surface area contributed by atoms with Crippen molar-refractivity contribution in [2.24, 2.45) is 0 Å². The molecule has 150 valence electrons. The molecule has 1 heterocycles. The Hall–Kier alpha value is -2.29. The second-order valence-corrected chi connectivity index (χ2v) is 7.23. The molecule has 0 radical (unpaired) electrons. The van der Waals surface area contributed by atoms with Crippen LogP contribution in [0, 0.1) is 10.1 Å². The number of nitrogens with one attached hydrogen (secondary N) is 2. The summed E-state index contributed by atoms with van der Waals surface area (Å²) in [6.45, 7) is 2.28. The van der Waals surface area contributed by atoms with Gasteiger partial charge in [0.25, 0.3) is 0 Å². The number of fused-ring (bicyclic) bond motifs is 1. The van der Waals surface area contributed by atoms with E-state index in [0.717, 1.165) is 24.2 Å². The van der Waals surface area contributed by atoms with Gasteiger partial charge in [-0.3, -0.25) is 14.9 Å². The lowest BCUT2D eigenvalue weighted by Crippen LogP contribution is -2.24. The smallest absolute Gasteiger partial charge is 0.311 e. The van der Waals surface area contributed by atoms with Crippen molar-refractivity contribution in [3.8, 4) is 5.75 Å². The van der Waals surface area contributed by atoms with Gasteiger partial charge in [-0.05, 0) is 28.3 Å². The highest BCUT2D eigenvalue weighted by Crippen LogP contribution is 2.29. The fourth-order valence-electron chi connectivity index (χ4n) is 2.94. The molecule has 2 aromatic carbocycles. The van der Waals surface area contributed by atoms with Crippen LogP contribution in [0.4, 0.5) is 5.69 Å². The Balaban J connectivity index is 0.00000280. The standard InChI is InChI=1S/C19H21N3O4S.ClH/c1-26-18-5-3-14(7-17(18)22(24)25)11-27-12-19(23)21-8-13-2-4-15-9-20-10-16(15)6-13;/h2-7,20H,8-12H2,1H3,(H,21,23);1H. The molecule has 0 fully saturated rings. The third kappa shape index (κ3) is 5.60. The Labute approximate surface area is 173 Å². The molecule has 7 nitrogen and oxygen atoms in total. The summed E-state index contributed by atoms with van der Waals surface area (Å²) in [7, 11) is 1.40. The van der Waals surface area contributed by atoms with Crippen molar-refractivity contribution in [3.63, 3.8) is 0 Å². The van der Waals surface area contributed by atoms with E-state index in [-0.39, 0.29) is 29.8 Å². The number of nitro benzene ring substituents is 1. The Morgan fingerprint density at radius 3 is 2.71 bits per heavy atom. The topological polar surface area (TPSA) is 93.5 Å². The quantitative estimate of drug-likeness (QED) is 0.500. The normalized spacial score (nSPS) is 12.0. The molecule has 3 rings (SSSR count). The van der Waals surface area contributed by atoms with Crippen LogP contribution in [0.2, 0.25) is 0 Å². The molecule has 0 saturated heterocycles. The summed E-state index contributed by atoms with van der Waals surface area (Å²) < 4.78 is 4.99. The number of carbonyl (C=O) groups excluding carboxylic acids is 1. The molecule has 0 atom stereocenters. The fourth-order valence-corrected chi connectivity index (χ4v) is 3.74. The lowest BCUT2D eigenvalue weighted by molar-refractivity contribution is -0.385. The zero-order valence-electron chi connectivity index (χ0n) is 15.4. The zero-order chi connectivity index (χ0) is 19.2. The van der Waals surface area contributed by atoms with Gasteiger partial charge in [0.05, 0.1) is 17.8 Å². The van der Waals surface area contributed by atoms with Crippen LogP contribution in [0.3, 0.4) is 0 Å². The maximum absolute atomic E-state index is 12.0. The van der Waals surface area contributed by atoms with Crippen molar-refractivity contribution >= 4 is 35.8 Å². The number of ether oxygens (including phenoxy) is 1. The number of halogens is 1. The minimum absolute atomic E-state index is 0. The highest BCUT2D eigenvalue weighted by atomic mass is 35.5. The van der Waals surface area contributed by atoms with Crippen LogP contribution in [0.1, 0.15) is 22.3 Å². The summed E-state index contributed by atoms with van der Waals surface area (Å²) in [5.74, 6) is 0.993. The molecule has 1 aliphatic heterocycles. The summed E-state index contributed by atoms with van der Waals surface area (Å²) in [5.41, 5.74) is 4.41. The van der Waals surface area contributed by atoms with Gasteiger partial charge in [-0.1, -0.05) is 24.3 Å². The maximum atomic E-state index is 12.0. The van der Waals surface area contributed by atoms with E-state index in [0.29, 0.717) is 18.1 Å². The average Bonchev–Trinajstić information content (AvgIpc) is 3.14. The van der Waals surface area contributed by atoms with Crippen molar-refractivity contribution in [1.82, 2.24) is 10.6 Å². The van der Waals surface area contributed by atoms with Crippen LogP contribution in [0.15, 0.2) is 36.4 Å². The number of nitrogens with zero attached hydrogens (tertiary/aromatic N) is 1. The molecule has 1 aliphatic rings. The Kier molecular flexibility index (Phi) is 8.10.